The molecular formula is C22H30N3O3+. The minimum absolute atomic E-state index is 0.126. The average Bonchev–Trinajstić information content (AvgIpc) is 2.73. The SMILES string of the molecule is CCCC[N+]1(C(=O)NC2CCCCC2)C=CC(c2ccccc2)=CN1C(=O)O. The van der Waals surface area contributed by atoms with Crippen molar-refractivity contribution in [2.24, 2.45) is 0 Å². The van der Waals surface area contributed by atoms with E-state index in [4.69, 9.17) is 0 Å². The number of nitrogens with one attached hydrogen (secondary N) is 1. The number of urea groups is 1. The number of benzene rings is 1. The van der Waals surface area contributed by atoms with E-state index < -0.39 is 6.09 Å². The maximum atomic E-state index is 13.3. The lowest BCUT2D eigenvalue weighted by Crippen LogP contribution is -2.65. The van der Waals surface area contributed by atoms with Gasteiger partial charge in [0, 0.05) is 17.7 Å². The van der Waals surface area contributed by atoms with Crippen LogP contribution in [0.25, 0.3) is 5.57 Å². The first-order chi connectivity index (χ1) is 13.6. The summed E-state index contributed by atoms with van der Waals surface area (Å²) in [6.45, 7) is 2.45. The van der Waals surface area contributed by atoms with E-state index in [9.17, 15) is 14.7 Å². The zero-order valence-electron chi connectivity index (χ0n) is 16.5. The molecule has 3 rings (SSSR count). The van der Waals surface area contributed by atoms with E-state index in [0.717, 1.165) is 54.7 Å². The lowest BCUT2D eigenvalue weighted by atomic mass is 9.96. The van der Waals surface area contributed by atoms with Crippen LogP contribution in [-0.4, -0.2) is 39.4 Å². The number of allylic oxidation sites excluding steroid dienone is 2. The largest absolute Gasteiger partial charge is 0.461 e. The molecule has 0 spiro atoms. The van der Waals surface area contributed by atoms with Crippen molar-refractivity contribution in [1.29, 1.82) is 0 Å². The molecule has 1 unspecified atom stereocenters. The van der Waals surface area contributed by atoms with E-state index in [2.05, 4.69) is 5.32 Å². The average molecular weight is 384 g/mol. The molecule has 1 atom stereocenters. The molecule has 0 radical (unpaired) electrons. The Morgan fingerprint density at radius 1 is 1.18 bits per heavy atom. The topological polar surface area (TPSA) is 69.6 Å². The van der Waals surface area contributed by atoms with Crippen molar-refractivity contribution in [3.63, 3.8) is 0 Å². The van der Waals surface area contributed by atoms with Gasteiger partial charge in [-0.3, -0.25) is 0 Å². The van der Waals surface area contributed by atoms with Gasteiger partial charge in [0.05, 0.1) is 6.20 Å². The maximum Gasteiger partial charge on any atom is 0.457 e. The van der Waals surface area contributed by atoms with Gasteiger partial charge in [-0.25, -0.2) is 9.59 Å². The van der Waals surface area contributed by atoms with E-state index in [1.165, 1.54) is 6.42 Å². The minimum atomic E-state index is -1.13. The summed E-state index contributed by atoms with van der Waals surface area (Å²) in [4.78, 5) is 25.5. The lowest BCUT2D eigenvalue weighted by molar-refractivity contribution is -0.901. The molecule has 0 saturated heterocycles. The number of carboxylic acid groups (broad SMARTS) is 1. The van der Waals surface area contributed by atoms with E-state index in [1.807, 2.05) is 43.3 Å². The molecule has 28 heavy (non-hydrogen) atoms. The Morgan fingerprint density at radius 3 is 2.54 bits per heavy atom. The fourth-order valence-electron chi connectivity index (χ4n) is 3.94. The van der Waals surface area contributed by atoms with E-state index in [1.54, 1.807) is 12.4 Å². The number of hydrogen-bond donors (Lipinski definition) is 2. The Bertz CT molecular complexity index is 754. The van der Waals surface area contributed by atoms with Crippen molar-refractivity contribution in [3.05, 3.63) is 54.4 Å². The number of unbranched alkanes of at least 4 members (excludes halogenated alkanes) is 1. The summed E-state index contributed by atoms with van der Waals surface area (Å²) in [5, 5.41) is 14.2. The minimum Gasteiger partial charge on any atom is -0.461 e. The zero-order valence-corrected chi connectivity index (χ0v) is 16.5. The van der Waals surface area contributed by atoms with Crippen molar-refractivity contribution < 1.29 is 19.3 Å². The third-order valence-corrected chi connectivity index (χ3v) is 5.59. The molecule has 6 nitrogen and oxygen atoms in total. The molecule has 1 heterocycles. The first kappa shape index (κ1) is 20.1. The second-order valence-electron chi connectivity index (χ2n) is 7.58. The smallest absolute Gasteiger partial charge is 0.457 e. The molecule has 0 bridgehead atoms. The van der Waals surface area contributed by atoms with Gasteiger partial charge < -0.3 is 10.4 Å². The predicted molar refractivity (Wildman–Crippen MR) is 109 cm³/mol. The van der Waals surface area contributed by atoms with E-state index in [-0.39, 0.29) is 16.7 Å². The number of amides is 3. The van der Waals surface area contributed by atoms with Crippen molar-refractivity contribution >= 4 is 17.7 Å². The molecule has 1 aromatic rings. The van der Waals surface area contributed by atoms with Gasteiger partial charge in [-0.05, 0) is 24.8 Å². The van der Waals surface area contributed by atoms with Crippen LogP contribution < -0.4 is 5.32 Å². The van der Waals surface area contributed by atoms with Crippen LogP contribution in [0, 0.1) is 0 Å². The Kier molecular flexibility index (Phi) is 6.52. The molecule has 2 aliphatic rings. The van der Waals surface area contributed by atoms with Crippen molar-refractivity contribution in [2.75, 3.05) is 6.54 Å². The highest BCUT2D eigenvalue weighted by atomic mass is 16.4. The van der Waals surface area contributed by atoms with Crippen LogP contribution in [0.2, 0.25) is 0 Å². The molecule has 6 heteroatoms. The first-order valence-corrected chi connectivity index (χ1v) is 10.2. The highest BCUT2D eigenvalue weighted by molar-refractivity contribution is 5.80. The van der Waals surface area contributed by atoms with Crippen LogP contribution in [0.15, 0.2) is 48.8 Å². The summed E-state index contributed by atoms with van der Waals surface area (Å²) >= 11 is 0. The molecule has 1 fully saturated rings. The third kappa shape index (κ3) is 4.28. The Morgan fingerprint density at radius 2 is 1.89 bits per heavy atom. The third-order valence-electron chi connectivity index (χ3n) is 5.59. The number of carbonyl (C=O) groups is 2. The van der Waals surface area contributed by atoms with Crippen LogP contribution in [0.1, 0.15) is 57.4 Å². The second-order valence-corrected chi connectivity index (χ2v) is 7.58. The molecule has 1 aliphatic carbocycles. The van der Waals surface area contributed by atoms with Crippen LogP contribution >= 0.6 is 0 Å². The molecule has 0 aromatic heterocycles. The highest BCUT2D eigenvalue weighted by Crippen LogP contribution is 2.29. The monoisotopic (exact) mass is 384 g/mol. The van der Waals surface area contributed by atoms with Crippen molar-refractivity contribution in [2.45, 2.75) is 57.9 Å². The van der Waals surface area contributed by atoms with Gasteiger partial charge in [-0.2, -0.15) is 0 Å². The number of quaternary nitrogens is 1. The van der Waals surface area contributed by atoms with Gasteiger partial charge in [-0.15, -0.1) is 9.60 Å². The quantitative estimate of drug-likeness (QED) is 0.693. The lowest BCUT2D eigenvalue weighted by Gasteiger charge is -2.39. The summed E-state index contributed by atoms with van der Waals surface area (Å²) in [5.74, 6) is 0. The molecule has 1 saturated carbocycles. The standard InChI is InChI=1S/C22H29N3O3/c1-2-3-15-25(21(26)23-20-12-8-5-9-13-20)16-14-19(17-24(25)22(27)28)18-10-6-4-7-11-18/h4,6-7,10-11,14,16-17,20H,2-3,5,8-9,12-13,15H2,1H3,(H-,23,26,27,28)/p+1. The summed E-state index contributed by atoms with van der Waals surface area (Å²) in [7, 11) is 0. The molecule has 3 amide bonds. The molecule has 150 valence electrons. The van der Waals surface area contributed by atoms with Crippen molar-refractivity contribution in [3.8, 4) is 0 Å². The Labute approximate surface area is 166 Å². The number of rotatable bonds is 5. The first-order valence-electron chi connectivity index (χ1n) is 10.2. The van der Waals surface area contributed by atoms with Gasteiger partial charge in [0.2, 0.25) is 0 Å². The molecular weight excluding hydrogens is 354 g/mol. The van der Waals surface area contributed by atoms with Gasteiger partial charge in [0.15, 0.2) is 0 Å². The summed E-state index contributed by atoms with van der Waals surface area (Å²) in [6, 6.07) is 9.49. The normalized spacial score (nSPS) is 22.6. The van der Waals surface area contributed by atoms with Crippen LogP contribution in [0.4, 0.5) is 9.59 Å². The van der Waals surface area contributed by atoms with Crippen LogP contribution in [-0.2, 0) is 0 Å². The number of hydrogen-bond acceptors (Lipinski definition) is 2. The number of nitrogens with zero attached hydrogens (tertiary/aromatic N) is 2. The zero-order chi connectivity index (χ0) is 20.0. The highest BCUT2D eigenvalue weighted by Gasteiger charge is 2.46. The fourth-order valence-corrected chi connectivity index (χ4v) is 3.94. The molecule has 1 aromatic carbocycles. The molecule has 2 N–H and O–H groups in total. The van der Waals surface area contributed by atoms with Gasteiger partial charge in [0.1, 0.15) is 12.7 Å². The van der Waals surface area contributed by atoms with E-state index >= 15 is 0 Å². The summed E-state index contributed by atoms with van der Waals surface area (Å²) in [5.41, 5.74) is 1.70. The Balaban J connectivity index is 1.91. The summed E-state index contributed by atoms with van der Waals surface area (Å²) in [6.07, 6.45) is 11.0. The summed E-state index contributed by atoms with van der Waals surface area (Å²) < 4.78 is -0.351. The van der Waals surface area contributed by atoms with Gasteiger partial charge >= 0.3 is 12.1 Å². The second kappa shape index (κ2) is 9.06. The van der Waals surface area contributed by atoms with Crippen LogP contribution in [0.3, 0.4) is 0 Å². The maximum absolute atomic E-state index is 13.3. The predicted octanol–water partition coefficient (Wildman–Crippen LogP) is 5.11. The number of carbonyl (C=O) groups excluding carboxylic acids is 1. The molecule has 1 aliphatic heterocycles. The van der Waals surface area contributed by atoms with Gasteiger partial charge in [0.25, 0.3) is 0 Å². The van der Waals surface area contributed by atoms with E-state index in [0.29, 0.717) is 6.54 Å². The van der Waals surface area contributed by atoms with Crippen molar-refractivity contribution in [1.82, 2.24) is 10.3 Å². The fraction of sp³-hybridized carbons (Fsp3) is 0.455. The Hall–Kier alpha value is -2.60. The van der Waals surface area contributed by atoms with Gasteiger partial charge in [-0.1, -0.05) is 62.9 Å². The van der Waals surface area contributed by atoms with Crippen LogP contribution in [0.5, 0.6) is 0 Å².